The highest BCUT2D eigenvalue weighted by Gasteiger charge is 2.41. The van der Waals surface area contributed by atoms with Crippen LogP contribution in [0.1, 0.15) is 23.2 Å². The molecule has 2 aromatic rings. The van der Waals surface area contributed by atoms with E-state index in [1.165, 1.54) is 6.42 Å². The number of carbonyl (C=O) groups excluding carboxylic acids is 1. The second kappa shape index (κ2) is 5.36. The highest BCUT2D eigenvalue weighted by Crippen LogP contribution is 2.36. The number of fused-ring (bicyclic) bond motifs is 1. The van der Waals surface area contributed by atoms with Gasteiger partial charge in [0.1, 0.15) is 0 Å². The Kier molecular flexibility index (Phi) is 3.46. The van der Waals surface area contributed by atoms with Crippen molar-refractivity contribution in [1.82, 2.24) is 10.2 Å². The lowest BCUT2D eigenvalue weighted by molar-refractivity contribution is 0.0776. The van der Waals surface area contributed by atoms with Gasteiger partial charge >= 0.3 is 0 Å². The molecule has 2 heterocycles. The summed E-state index contributed by atoms with van der Waals surface area (Å²) < 4.78 is 1.06. The largest absolute Gasteiger partial charge is 0.338 e. The van der Waals surface area contributed by atoms with Gasteiger partial charge in [0, 0.05) is 35.1 Å². The van der Waals surface area contributed by atoms with Crippen LogP contribution in [0.25, 0.3) is 10.8 Å². The van der Waals surface area contributed by atoms with Crippen LogP contribution in [0.5, 0.6) is 0 Å². The molecule has 4 heteroatoms. The van der Waals surface area contributed by atoms with Crippen molar-refractivity contribution in [3.63, 3.8) is 0 Å². The van der Waals surface area contributed by atoms with E-state index in [1.807, 2.05) is 29.2 Å². The first-order valence-electron chi connectivity index (χ1n) is 7.85. The number of hydrogen-bond donors (Lipinski definition) is 1. The van der Waals surface area contributed by atoms with Crippen LogP contribution in [-0.2, 0) is 0 Å². The maximum absolute atomic E-state index is 12.8. The van der Waals surface area contributed by atoms with Crippen LogP contribution in [0.3, 0.4) is 0 Å². The third-order valence-electron chi connectivity index (χ3n) is 5.11. The molecule has 2 fully saturated rings. The fraction of sp³-hybridized carbons (Fsp3) is 0.389. The summed E-state index contributed by atoms with van der Waals surface area (Å²) in [7, 11) is 0. The summed E-state index contributed by atoms with van der Waals surface area (Å²) in [5.41, 5.74) is 1.13. The van der Waals surface area contributed by atoms with Crippen LogP contribution in [0, 0.1) is 5.41 Å². The third kappa shape index (κ3) is 2.44. The summed E-state index contributed by atoms with van der Waals surface area (Å²) >= 11 is 3.49. The van der Waals surface area contributed by atoms with Crippen LogP contribution in [0.2, 0.25) is 0 Å². The molecule has 0 bridgehead atoms. The van der Waals surface area contributed by atoms with Crippen LogP contribution in [0.15, 0.2) is 40.9 Å². The number of nitrogens with one attached hydrogen (secondary N) is 1. The second-order valence-electron chi connectivity index (χ2n) is 6.61. The van der Waals surface area contributed by atoms with Crippen molar-refractivity contribution in [1.29, 1.82) is 0 Å². The maximum Gasteiger partial charge on any atom is 0.253 e. The van der Waals surface area contributed by atoms with Crippen LogP contribution < -0.4 is 5.32 Å². The molecule has 1 amide bonds. The molecule has 0 radical (unpaired) electrons. The fourth-order valence-electron chi connectivity index (χ4n) is 3.78. The zero-order valence-electron chi connectivity index (χ0n) is 12.4. The Hall–Kier alpha value is -1.39. The van der Waals surface area contributed by atoms with Gasteiger partial charge in [-0.05, 0) is 54.4 Å². The highest BCUT2D eigenvalue weighted by atomic mass is 79.9. The van der Waals surface area contributed by atoms with Gasteiger partial charge in [0.2, 0.25) is 0 Å². The summed E-state index contributed by atoms with van der Waals surface area (Å²) in [4.78, 5) is 14.8. The molecule has 2 aliphatic rings. The molecule has 2 aliphatic heterocycles. The predicted octanol–water partition coefficient (Wildman–Crippen LogP) is 3.43. The van der Waals surface area contributed by atoms with Gasteiger partial charge in [0.05, 0.1) is 0 Å². The first kappa shape index (κ1) is 14.2. The average Bonchev–Trinajstić information content (AvgIpc) is 3.16. The van der Waals surface area contributed by atoms with E-state index in [1.54, 1.807) is 0 Å². The highest BCUT2D eigenvalue weighted by molar-refractivity contribution is 9.10. The fourth-order valence-corrected chi connectivity index (χ4v) is 4.16. The number of amides is 1. The van der Waals surface area contributed by atoms with E-state index in [0.717, 1.165) is 53.4 Å². The van der Waals surface area contributed by atoms with E-state index in [2.05, 4.69) is 33.4 Å². The number of benzene rings is 2. The second-order valence-corrected chi connectivity index (χ2v) is 7.53. The van der Waals surface area contributed by atoms with E-state index in [9.17, 15) is 4.79 Å². The zero-order chi connectivity index (χ0) is 15.2. The molecule has 0 aliphatic carbocycles. The number of halogens is 1. The topological polar surface area (TPSA) is 32.3 Å². The summed E-state index contributed by atoms with van der Waals surface area (Å²) in [5.74, 6) is 0.175. The van der Waals surface area contributed by atoms with E-state index in [4.69, 9.17) is 0 Å². The third-order valence-corrected chi connectivity index (χ3v) is 5.60. The summed E-state index contributed by atoms with van der Waals surface area (Å²) in [6.45, 7) is 3.94. The van der Waals surface area contributed by atoms with Gasteiger partial charge in [0.25, 0.3) is 5.91 Å². The van der Waals surface area contributed by atoms with Crippen LogP contribution in [0.4, 0.5) is 0 Å². The molecule has 4 rings (SSSR count). The minimum absolute atomic E-state index is 0.175. The minimum Gasteiger partial charge on any atom is -0.338 e. The number of nitrogens with zero attached hydrogens (tertiary/aromatic N) is 1. The van der Waals surface area contributed by atoms with E-state index < -0.39 is 0 Å². The molecule has 0 aromatic heterocycles. The normalized spacial score (nSPS) is 24.5. The molecule has 1 N–H and O–H groups in total. The van der Waals surface area contributed by atoms with Crippen molar-refractivity contribution < 1.29 is 4.79 Å². The van der Waals surface area contributed by atoms with Gasteiger partial charge in [-0.3, -0.25) is 4.79 Å². The Bertz CT molecular complexity index is 737. The van der Waals surface area contributed by atoms with Gasteiger partial charge in [-0.25, -0.2) is 0 Å². The Morgan fingerprint density at radius 2 is 1.95 bits per heavy atom. The van der Waals surface area contributed by atoms with E-state index in [0.29, 0.717) is 5.41 Å². The Morgan fingerprint density at radius 3 is 2.77 bits per heavy atom. The number of hydrogen-bond acceptors (Lipinski definition) is 2. The Balaban J connectivity index is 1.59. The summed E-state index contributed by atoms with van der Waals surface area (Å²) in [6.07, 6.45) is 2.33. The molecule has 1 spiro atoms. The lowest BCUT2D eigenvalue weighted by Gasteiger charge is -2.23. The van der Waals surface area contributed by atoms with Crippen molar-refractivity contribution >= 4 is 32.6 Å². The zero-order valence-corrected chi connectivity index (χ0v) is 14.0. The van der Waals surface area contributed by atoms with Crippen LogP contribution >= 0.6 is 15.9 Å². The molecule has 2 aromatic carbocycles. The van der Waals surface area contributed by atoms with Crippen molar-refractivity contribution in [3.05, 3.63) is 46.4 Å². The quantitative estimate of drug-likeness (QED) is 0.846. The molecule has 1 atom stereocenters. The molecule has 2 saturated heterocycles. The summed E-state index contributed by atoms with van der Waals surface area (Å²) in [6, 6.07) is 12.2. The Morgan fingerprint density at radius 1 is 1.14 bits per heavy atom. The van der Waals surface area contributed by atoms with Gasteiger partial charge in [0.15, 0.2) is 0 Å². The summed E-state index contributed by atoms with van der Waals surface area (Å²) in [5, 5.41) is 5.71. The lowest BCUT2D eigenvalue weighted by atomic mass is 9.86. The SMILES string of the molecule is O=C(c1ccc2cc(Br)ccc2c1)N1CCC2(CCNC2)C1. The average molecular weight is 359 g/mol. The molecule has 1 unspecified atom stereocenters. The number of carbonyl (C=O) groups is 1. The standard InChI is InChI=1S/C18H19BrN2O/c19-16-4-3-13-9-15(2-1-14(13)10-16)17(22)21-8-6-18(12-21)5-7-20-11-18/h1-4,9-10,20H,5-8,11-12H2. The van der Waals surface area contributed by atoms with Crippen molar-refractivity contribution in [2.45, 2.75) is 12.8 Å². The van der Waals surface area contributed by atoms with Crippen molar-refractivity contribution in [2.24, 2.45) is 5.41 Å². The van der Waals surface area contributed by atoms with Gasteiger partial charge in [-0.2, -0.15) is 0 Å². The Labute approximate surface area is 138 Å². The molecular formula is C18H19BrN2O. The van der Waals surface area contributed by atoms with E-state index in [-0.39, 0.29) is 5.91 Å². The van der Waals surface area contributed by atoms with Crippen molar-refractivity contribution in [2.75, 3.05) is 26.2 Å². The minimum atomic E-state index is 0.175. The molecule has 114 valence electrons. The molecule has 0 saturated carbocycles. The smallest absolute Gasteiger partial charge is 0.253 e. The lowest BCUT2D eigenvalue weighted by Crippen LogP contribution is -2.33. The molecular weight excluding hydrogens is 340 g/mol. The molecule has 3 nitrogen and oxygen atoms in total. The van der Waals surface area contributed by atoms with Gasteiger partial charge in [-0.1, -0.05) is 28.1 Å². The van der Waals surface area contributed by atoms with Crippen LogP contribution in [-0.4, -0.2) is 37.0 Å². The van der Waals surface area contributed by atoms with Crippen molar-refractivity contribution in [3.8, 4) is 0 Å². The maximum atomic E-state index is 12.8. The monoisotopic (exact) mass is 358 g/mol. The molecule has 22 heavy (non-hydrogen) atoms. The number of likely N-dealkylation sites (tertiary alicyclic amines) is 1. The predicted molar refractivity (Wildman–Crippen MR) is 92.1 cm³/mol. The van der Waals surface area contributed by atoms with E-state index >= 15 is 0 Å². The van der Waals surface area contributed by atoms with Gasteiger partial charge in [-0.15, -0.1) is 0 Å². The first-order valence-corrected chi connectivity index (χ1v) is 8.64. The first-order chi connectivity index (χ1) is 10.7. The van der Waals surface area contributed by atoms with Gasteiger partial charge < -0.3 is 10.2 Å². The number of rotatable bonds is 1.